The molecule has 0 aliphatic heterocycles. The second-order valence-electron chi connectivity index (χ2n) is 6.88. The molecule has 0 saturated heterocycles. The highest BCUT2D eigenvalue weighted by molar-refractivity contribution is 6.11. The summed E-state index contributed by atoms with van der Waals surface area (Å²) in [7, 11) is 0. The Balaban J connectivity index is 1.74. The van der Waals surface area contributed by atoms with E-state index in [1.54, 1.807) is 0 Å². The average Bonchev–Trinajstić information content (AvgIpc) is 3.68. The zero-order valence-electron chi connectivity index (χ0n) is 34.9. The van der Waals surface area contributed by atoms with Crippen molar-refractivity contribution < 1.29 is 26.0 Å². The van der Waals surface area contributed by atoms with Crippen LogP contribution in [0.4, 0.5) is 0 Å². The topological polar surface area (TPSA) is 20.7 Å². The van der Waals surface area contributed by atoms with E-state index in [9.17, 15) is 1.37 Å². The van der Waals surface area contributed by atoms with Crippen LogP contribution in [0.15, 0.2) is 115 Å². The van der Waals surface area contributed by atoms with Gasteiger partial charge in [0.2, 0.25) is 0 Å². The Morgan fingerprint density at radius 3 is 2.06 bits per heavy atom. The number of aromatic nitrogens is 2. The number of fused-ring (bicyclic) bond motifs is 6. The van der Waals surface area contributed by atoms with Gasteiger partial charge >= 0.3 is 0 Å². The maximum atomic E-state index is 9.38. The van der Waals surface area contributed by atoms with Gasteiger partial charge in [-0.15, -0.1) is 0 Å². The van der Waals surface area contributed by atoms with Crippen LogP contribution in [0.3, 0.4) is 0 Å². The molecule has 0 amide bonds. The first kappa shape index (κ1) is 7.11. The van der Waals surface area contributed by atoms with E-state index in [2.05, 4.69) is 4.98 Å². The van der Waals surface area contributed by atoms with Gasteiger partial charge in [-0.1, -0.05) is 72.5 Å². The van der Waals surface area contributed by atoms with Gasteiger partial charge in [-0.3, -0.25) is 0 Å². The van der Waals surface area contributed by atoms with Crippen molar-refractivity contribution in [2.24, 2.45) is 0 Å². The lowest BCUT2D eigenvalue weighted by molar-refractivity contribution is 1.18. The maximum Gasteiger partial charge on any atom is 0.0652 e. The fourth-order valence-corrected chi connectivity index (χ4v) is 3.75. The molecule has 0 aliphatic rings. The summed E-state index contributed by atoms with van der Waals surface area (Å²) in [6.45, 7) is 0. The van der Waals surface area contributed by atoms with Gasteiger partial charge in [0.15, 0.2) is 0 Å². The molecule has 0 unspecified atom stereocenters. The molecule has 32 heavy (non-hydrogen) atoms. The number of para-hydroxylation sites is 3. The van der Waals surface area contributed by atoms with Crippen molar-refractivity contribution in [2.45, 2.75) is 0 Å². The van der Waals surface area contributed by atoms with Crippen molar-refractivity contribution in [1.29, 1.82) is 0 Å². The van der Waals surface area contributed by atoms with Gasteiger partial charge in [0.05, 0.1) is 37.1 Å². The van der Waals surface area contributed by atoms with E-state index in [0.29, 0.717) is 0 Å². The van der Waals surface area contributed by atoms with Crippen LogP contribution in [-0.2, 0) is 0 Å². The van der Waals surface area contributed by atoms with Crippen molar-refractivity contribution in [3.8, 4) is 16.8 Å². The molecule has 7 rings (SSSR count). The lowest BCUT2D eigenvalue weighted by Crippen LogP contribution is -1.92. The smallest absolute Gasteiger partial charge is 0.0652 e. The molecule has 0 aliphatic carbocycles. The molecule has 7 aromatic rings. The van der Waals surface area contributed by atoms with E-state index in [0.717, 1.165) is 4.57 Å². The minimum absolute atomic E-state index is 0.152. The van der Waals surface area contributed by atoms with Crippen LogP contribution in [-0.4, -0.2) is 9.55 Å². The van der Waals surface area contributed by atoms with E-state index < -0.39 is 153 Å². The Bertz CT molecular complexity index is 2770. The van der Waals surface area contributed by atoms with Gasteiger partial charge in [-0.05, 0) is 53.4 Å². The van der Waals surface area contributed by atoms with Gasteiger partial charge in [-0.2, -0.15) is 0 Å². The van der Waals surface area contributed by atoms with Crippen LogP contribution in [0, 0.1) is 0 Å². The second-order valence-corrected chi connectivity index (χ2v) is 6.88. The predicted octanol–water partition coefficient (Wildman–Crippen LogP) is 8.09. The standard InChI is InChI=1S/C30H20N2/c1-2-8-22(9-3-1)32-29-13-7-5-11-25(29)26-18-20(15-17-30(26)32)21-14-16-24-23-10-4-6-12-27(23)31-28(24)19-21/h1-19,31H/i1D,2D,3D,4D,5D,6D,7D,8D,9D,10D,11D,12D,13D,14D,15D,16D,17D,18D,19D. The molecule has 1 N–H and O–H groups in total. The summed E-state index contributed by atoms with van der Waals surface area (Å²) in [6, 6.07) is -13.5. The van der Waals surface area contributed by atoms with Crippen molar-refractivity contribution >= 4 is 43.6 Å². The van der Waals surface area contributed by atoms with Gasteiger partial charge in [0, 0.05) is 38.3 Å². The average molecular weight is 428 g/mol. The minimum Gasteiger partial charge on any atom is -0.354 e. The largest absolute Gasteiger partial charge is 0.354 e. The molecular formula is C30H20N2. The van der Waals surface area contributed by atoms with E-state index >= 15 is 0 Å². The Morgan fingerprint density at radius 2 is 1.16 bits per heavy atom. The molecule has 0 fully saturated rings. The molecule has 2 heterocycles. The van der Waals surface area contributed by atoms with Crippen LogP contribution in [0.25, 0.3) is 60.4 Å². The Labute approximate surface area is 212 Å². The molecule has 0 radical (unpaired) electrons. The number of hydrogen-bond donors (Lipinski definition) is 1. The quantitative estimate of drug-likeness (QED) is 0.288. The third kappa shape index (κ3) is 2.47. The van der Waals surface area contributed by atoms with E-state index in [4.69, 9.17) is 24.7 Å². The van der Waals surface area contributed by atoms with Gasteiger partial charge in [0.1, 0.15) is 0 Å². The van der Waals surface area contributed by atoms with Gasteiger partial charge in [0.25, 0.3) is 0 Å². The molecule has 150 valence electrons. The molecular weight excluding hydrogens is 388 g/mol. The maximum absolute atomic E-state index is 9.38. The normalized spacial score (nSPS) is 20.1. The second kappa shape index (κ2) is 6.60. The van der Waals surface area contributed by atoms with Crippen LogP contribution in [0.1, 0.15) is 26.0 Å². The van der Waals surface area contributed by atoms with Crippen LogP contribution >= 0.6 is 0 Å². The summed E-state index contributed by atoms with van der Waals surface area (Å²) >= 11 is 0. The number of benzene rings is 5. The van der Waals surface area contributed by atoms with Crippen molar-refractivity contribution in [2.75, 3.05) is 0 Å². The molecule has 0 spiro atoms. The molecule has 0 atom stereocenters. The van der Waals surface area contributed by atoms with Gasteiger partial charge < -0.3 is 9.55 Å². The number of aromatic amines is 1. The fourth-order valence-electron chi connectivity index (χ4n) is 3.75. The first-order chi connectivity index (χ1) is 23.8. The monoisotopic (exact) mass is 427 g/mol. The highest BCUT2D eigenvalue weighted by atomic mass is 15.0. The number of hydrogen-bond acceptors (Lipinski definition) is 0. The van der Waals surface area contributed by atoms with E-state index in [1.165, 1.54) is 0 Å². The zero-order chi connectivity index (χ0) is 37.6. The fraction of sp³-hybridized carbons (Fsp3) is 0. The summed E-state index contributed by atoms with van der Waals surface area (Å²) in [6.07, 6.45) is 0. The number of H-pyrrole nitrogens is 1. The Morgan fingerprint density at radius 1 is 0.500 bits per heavy atom. The first-order valence-electron chi connectivity index (χ1n) is 18.9. The Kier molecular flexibility index (Phi) is 1.47. The number of nitrogens with one attached hydrogen (secondary N) is 1. The Hall–Kier alpha value is -4.30. The van der Waals surface area contributed by atoms with Crippen LogP contribution in [0.2, 0.25) is 0 Å². The first-order valence-corrected chi connectivity index (χ1v) is 9.42. The molecule has 5 aromatic carbocycles. The molecule has 2 heteroatoms. The minimum atomic E-state index is -0.819. The number of nitrogens with zero attached hydrogens (tertiary/aromatic N) is 1. The molecule has 0 saturated carbocycles. The lowest BCUT2D eigenvalue weighted by atomic mass is 10.0. The molecule has 2 nitrogen and oxygen atoms in total. The molecule has 0 bridgehead atoms. The van der Waals surface area contributed by atoms with E-state index in [-0.39, 0.29) is 21.8 Å². The lowest BCUT2D eigenvalue weighted by Gasteiger charge is -2.08. The predicted molar refractivity (Wildman–Crippen MR) is 136 cm³/mol. The van der Waals surface area contributed by atoms with E-state index in [1.807, 2.05) is 0 Å². The summed E-state index contributed by atoms with van der Waals surface area (Å²) in [5.74, 6) is 0. The third-order valence-corrected chi connectivity index (χ3v) is 5.12. The van der Waals surface area contributed by atoms with Crippen molar-refractivity contribution in [3.05, 3.63) is 115 Å². The highest BCUT2D eigenvalue weighted by Gasteiger charge is 2.13. The van der Waals surface area contributed by atoms with Gasteiger partial charge in [-0.25, -0.2) is 0 Å². The summed E-state index contributed by atoms with van der Waals surface area (Å²) < 4.78 is 164. The zero-order valence-corrected chi connectivity index (χ0v) is 15.9. The van der Waals surface area contributed by atoms with Crippen molar-refractivity contribution in [1.82, 2.24) is 9.55 Å². The molecule has 2 aromatic heterocycles. The SMILES string of the molecule is [2H]c1c([2H])c([2H])c(-n2c3c([2H])c([2H])c([2H])c([2H])c3c3c([2H])c(-c4c([2H])c([2H])c5c([nH]c6c([2H])c([2H])c([2H])c([2H])c65)c4[2H])c([2H])c([2H])c32)c([2H])c1[2H]. The third-order valence-electron chi connectivity index (χ3n) is 5.12. The van der Waals surface area contributed by atoms with Crippen molar-refractivity contribution in [3.63, 3.8) is 0 Å². The summed E-state index contributed by atoms with van der Waals surface area (Å²) in [5, 5.41) is -1.16. The highest BCUT2D eigenvalue weighted by Crippen LogP contribution is 2.36. The summed E-state index contributed by atoms with van der Waals surface area (Å²) in [5.41, 5.74) is -3.01. The van der Waals surface area contributed by atoms with Crippen LogP contribution < -0.4 is 0 Å². The summed E-state index contributed by atoms with van der Waals surface area (Å²) in [4.78, 5) is 2.74. The van der Waals surface area contributed by atoms with Crippen LogP contribution in [0.5, 0.6) is 0 Å². The number of rotatable bonds is 2.